The number of nitrogens with zero attached hydrogens (tertiary/aromatic N) is 1. The van der Waals surface area contributed by atoms with Gasteiger partial charge in [0.25, 0.3) is 0 Å². The summed E-state index contributed by atoms with van der Waals surface area (Å²) in [5.74, 6) is 0. The summed E-state index contributed by atoms with van der Waals surface area (Å²) in [6, 6.07) is 10.4. The van der Waals surface area contributed by atoms with Gasteiger partial charge in [0, 0.05) is 14.7 Å². The van der Waals surface area contributed by atoms with Crippen LogP contribution in [0.25, 0.3) is 0 Å². The van der Waals surface area contributed by atoms with E-state index in [-0.39, 0.29) is 0 Å². The molecule has 0 amide bonds. The molecular weight excluding hydrogens is 258 g/mol. The monoisotopic (exact) mass is 277 g/mol. The van der Waals surface area contributed by atoms with Crippen molar-refractivity contribution in [2.24, 2.45) is 0 Å². The highest BCUT2D eigenvalue weighted by Crippen LogP contribution is 2.37. The lowest BCUT2D eigenvalue weighted by Crippen LogP contribution is -1.86. The largest absolute Gasteiger partial charge is 0.185 e. The third-order valence-corrected chi connectivity index (χ3v) is 4.54. The molecule has 3 heteroatoms. The summed E-state index contributed by atoms with van der Waals surface area (Å²) >= 11 is 3.14. The predicted octanol–water partition coefficient (Wildman–Crippen LogP) is 5.80. The minimum Gasteiger partial charge on any atom is -0.185 e. The Labute approximate surface area is 119 Å². The zero-order valence-electron chi connectivity index (χ0n) is 11.0. The highest BCUT2D eigenvalue weighted by atomic mass is 32.2. The molecule has 1 aromatic carbocycles. The molecule has 18 heavy (non-hydrogen) atoms. The number of thiocyanates is 1. The van der Waals surface area contributed by atoms with Crippen LogP contribution < -0.4 is 0 Å². The number of hydrogen-bond donors (Lipinski definition) is 0. The number of rotatable bonds is 7. The maximum atomic E-state index is 8.92. The van der Waals surface area contributed by atoms with E-state index < -0.39 is 0 Å². The fourth-order valence-electron chi connectivity index (χ4n) is 1.63. The van der Waals surface area contributed by atoms with E-state index in [4.69, 9.17) is 5.26 Å². The van der Waals surface area contributed by atoms with E-state index in [1.165, 1.54) is 26.5 Å². The van der Waals surface area contributed by atoms with E-state index in [2.05, 4.69) is 43.5 Å². The molecule has 0 atom stereocenters. The third-order valence-electron chi connectivity index (χ3n) is 2.42. The van der Waals surface area contributed by atoms with Crippen molar-refractivity contribution in [3.05, 3.63) is 40.1 Å². The average molecular weight is 277 g/mol. The lowest BCUT2D eigenvalue weighted by molar-refractivity contribution is 0.903. The lowest BCUT2D eigenvalue weighted by Gasteiger charge is -2.11. The van der Waals surface area contributed by atoms with Crippen molar-refractivity contribution in [1.29, 1.82) is 5.26 Å². The normalized spacial score (nSPS) is 11.8. The quantitative estimate of drug-likeness (QED) is 0.464. The molecule has 0 aromatic heterocycles. The minimum atomic E-state index is 1.01. The summed E-state index contributed by atoms with van der Waals surface area (Å²) in [5, 5.41) is 11.1. The van der Waals surface area contributed by atoms with Crippen molar-refractivity contribution >= 4 is 23.5 Å². The van der Waals surface area contributed by atoms with Crippen molar-refractivity contribution < 1.29 is 0 Å². The van der Waals surface area contributed by atoms with E-state index in [9.17, 15) is 0 Å². The molecule has 0 unspecified atom stereocenters. The van der Waals surface area contributed by atoms with Gasteiger partial charge in [0.2, 0.25) is 0 Å². The van der Waals surface area contributed by atoms with Crippen LogP contribution in [0, 0.1) is 10.7 Å². The zero-order valence-corrected chi connectivity index (χ0v) is 12.6. The second-order valence-electron chi connectivity index (χ2n) is 3.95. The summed E-state index contributed by atoms with van der Waals surface area (Å²) in [7, 11) is 0. The van der Waals surface area contributed by atoms with Crippen molar-refractivity contribution in [2.45, 2.75) is 44.4 Å². The molecule has 0 saturated heterocycles. The molecule has 1 aromatic rings. The first-order valence-corrected chi connectivity index (χ1v) is 7.96. The molecule has 1 rings (SSSR count). The van der Waals surface area contributed by atoms with Gasteiger partial charge in [0.15, 0.2) is 0 Å². The molecule has 0 aliphatic rings. The van der Waals surface area contributed by atoms with Gasteiger partial charge in [-0.25, -0.2) is 0 Å². The van der Waals surface area contributed by atoms with Gasteiger partial charge >= 0.3 is 0 Å². The topological polar surface area (TPSA) is 23.8 Å². The van der Waals surface area contributed by atoms with Gasteiger partial charge in [-0.15, -0.1) is 0 Å². The van der Waals surface area contributed by atoms with Crippen LogP contribution in [-0.2, 0) is 0 Å². The molecule has 0 N–H and O–H groups in total. The SMILES string of the molecule is CCC/C(SC#N)=C(/CCC)Sc1ccccc1. The Bertz CT molecular complexity index is 418. The maximum absolute atomic E-state index is 8.92. The summed E-state index contributed by atoms with van der Waals surface area (Å²) in [6.07, 6.45) is 4.28. The third kappa shape index (κ3) is 5.20. The second kappa shape index (κ2) is 9.13. The van der Waals surface area contributed by atoms with Crippen LogP contribution in [0.3, 0.4) is 0 Å². The summed E-state index contributed by atoms with van der Waals surface area (Å²) < 4.78 is 0. The van der Waals surface area contributed by atoms with Crippen molar-refractivity contribution in [1.82, 2.24) is 0 Å². The van der Waals surface area contributed by atoms with Crippen molar-refractivity contribution in [3.63, 3.8) is 0 Å². The summed E-state index contributed by atoms with van der Waals surface area (Å²) in [4.78, 5) is 3.86. The summed E-state index contributed by atoms with van der Waals surface area (Å²) in [5.41, 5.74) is 0. The molecule has 0 saturated carbocycles. The fraction of sp³-hybridized carbons (Fsp3) is 0.400. The van der Waals surface area contributed by atoms with Crippen LogP contribution >= 0.6 is 23.5 Å². The molecule has 0 spiro atoms. The number of nitriles is 1. The minimum absolute atomic E-state index is 1.01. The molecule has 0 aliphatic carbocycles. The number of allylic oxidation sites excluding steroid dienone is 2. The molecule has 0 radical (unpaired) electrons. The number of benzene rings is 1. The van der Waals surface area contributed by atoms with Crippen LogP contribution in [0.15, 0.2) is 45.0 Å². The maximum Gasteiger partial charge on any atom is 0.138 e. The van der Waals surface area contributed by atoms with Gasteiger partial charge in [-0.05, 0) is 36.7 Å². The molecule has 0 aliphatic heterocycles. The van der Waals surface area contributed by atoms with E-state index >= 15 is 0 Å². The molecular formula is C15H19NS2. The van der Waals surface area contributed by atoms with Crippen molar-refractivity contribution in [2.75, 3.05) is 0 Å². The van der Waals surface area contributed by atoms with Gasteiger partial charge in [0.05, 0.1) is 0 Å². The van der Waals surface area contributed by atoms with Gasteiger partial charge in [-0.3, -0.25) is 0 Å². The predicted molar refractivity (Wildman–Crippen MR) is 82.3 cm³/mol. The summed E-state index contributed by atoms with van der Waals surface area (Å²) in [6.45, 7) is 4.35. The fourth-order valence-corrected chi connectivity index (χ4v) is 3.62. The Morgan fingerprint density at radius 3 is 2.22 bits per heavy atom. The van der Waals surface area contributed by atoms with Gasteiger partial charge in [-0.1, -0.05) is 56.7 Å². The highest BCUT2D eigenvalue weighted by molar-refractivity contribution is 8.09. The smallest absolute Gasteiger partial charge is 0.138 e. The Morgan fingerprint density at radius 1 is 1.06 bits per heavy atom. The Kier molecular flexibility index (Phi) is 7.71. The Hall–Kier alpha value is -0.850. The molecule has 96 valence electrons. The molecule has 1 nitrogen and oxygen atoms in total. The molecule has 0 fully saturated rings. The van der Waals surface area contributed by atoms with Crippen LogP contribution in [0.2, 0.25) is 0 Å². The van der Waals surface area contributed by atoms with Gasteiger partial charge in [-0.2, -0.15) is 5.26 Å². The van der Waals surface area contributed by atoms with E-state index in [1.807, 2.05) is 17.8 Å². The molecule has 0 heterocycles. The first-order chi connectivity index (χ1) is 8.81. The van der Waals surface area contributed by atoms with Gasteiger partial charge < -0.3 is 0 Å². The van der Waals surface area contributed by atoms with E-state index in [0.29, 0.717) is 0 Å². The van der Waals surface area contributed by atoms with E-state index in [0.717, 1.165) is 25.7 Å². The standard InChI is InChI=1S/C15H19NS2/c1-3-8-14(17-12-16)15(9-4-2)18-13-10-6-5-7-11-13/h5-7,10-11H,3-4,8-9H2,1-2H3/b15-14+. The van der Waals surface area contributed by atoms with E-state index in [1.54, 1.807) is 0 Å². The first kappa shape index (κ1) is 15.2. The Balaban J connectivity index is 2.91. The molecule has 0 bridgehead atoms. The Morgan fingerprint density at radius 2 is 1.67 bits per heavy atom. The van der Waals surface area contributed by atoms with Crippen LogP contribution in [0.5, 0.6) is 0 Å². The van der Waals surface area contributed by atoms with Crippen molar-refractivity contribution in [3.8, 4) is 5.40 Å². The highest BCUT2D eigenvalue weighted by Gasteiger charge is 2.08. The van der Waals surface area contributed by atoms with Crippen LogP contribution in [-0.4, -0.2) is 0 Å². The lowest BCUT2D eigenvalue weighted by atomic mass is 10.2. The second-order valence-corrected chi connectivity index (χ2v) is 6.00. The van der Waals surface area contributed by atoms with Crippen LogP contribution in [0.4, 0.5) is 0 Å². The van der Waals surface area contributed by atoms with Crippen LogP contribution in [0.1, 0.15) is 39.5 Å². The van der Waals surface area contributed by atoms with Gasteiger partial charge in [0.1, 0.15) is 5.40 Å². The first-order valence-electron chi connectivity index (χ1n) is 6.32. The zero-order chi connectivity index (χ0) is 13.2. The number of hydrogen-bond acceptors (Lipinski definition) is 3. The number of thioether (sulfide) groups is 2. The average Bonchev–Trinajstić information content (AvgIpc) is 2.39.